The summed E-state index contributed by atoms with van der Waals surface area (Å²) in [4.78, 5) is 0. The van der Waals surface area contributed by atoms with Crippen LogP contribution in [0.2, 0.25) is 0 Å². The van der Waals surface area contributed by atoms with Gasteiger partial charge in [-0.25, -0.2) is 0 Å². The molecule has 0 N–H and O–H groups in total. The van der Waals surface area contributed by atoms with Gasteiger partial charge >= 0.3 is 0 Å². The second-order valence-electron chi connectivity index (χ2n) is 14.5. The summed E-state index contributed by atoms with van der Waals surface area (Å²) in [7, 11) is 0. The smallest absolute Gasteiger partial charge is 0.0159 e. The summed E-state index contributed by atoms with van der Waals surface area (Å²) >= 11 is 0. The second kappa shape index (κ2) is 8.74. The molecule has 0 heterocycles. The molecule has 0 heteroatoms. The molecule has 0 saturated carbocycles. The lowest BCUT2D eigenvalue weighted by Crippen LogP contribution is -2.17. The molecule has 0 nitrogen and oxygen atoms in total. The van der Waals surface area contributed by atoms with Crippen molar-refractivity contribution in [3.63, 3.8) is 0 Å². The van der Waals surface area contributed by atoms with Crippen molar-refractivity contribution in [3.8, 4) is 44.5 Å². The van der Waals surface area contributed by atoms with Gasteiger partial charge in [-0.3, -0.25) is 0 Å². The molecule has 0 aromatic heterocycles. The molecule has 0 radical (unpaired) electrons. The highest BCUT2D eigenvalue weighted by Gasteiger charge is 2.41. The SMILES string of the molecule is CC1(C)c2ccccc2-c2cc3c(cc21)-c1ccc(-c2cccc(-c4ccc5ccc6cccc7ccc4c5c67)c2)cc1C3(C)C. The average Bonchev–Trinajstić information content (AvgIpc) is 3.45. The Hall–Kier alpha value is -5.20. The van der Waals surface area contributed by atoms with E-state index < -0.39 is 0 Å². The first-order chi connectivity index (χ1) is 22.3. The summed E-state index contributed by atoms with van der Waals surface area (Å²) in [5, 5.41) is 7.98. The van der Waals surface area contributed by atoms with Crippen LogP contribution in [0.1, 0.15) is 49.9 Å². The molecule has 46 heavy (non-hydrogen) atoms. The van der Waals surface area contributed by atoms with Gasteiger partial charge in [0.2, 0.25) is 0 Å². The quantitative estimate of drug-likeness (QED) is 0.177. The number of fused-ring (bicyclic) bond motifs is 6. The van der Waals surface area contributed by atoms with E-state index in [0.717, 1.165) is 0 Å². The predicted molar refractivity (Wildman–Crippen MR) is 196 cm³/mol. The molecule has 8 aromatic carbocycles. The Morgan fingerprint density at radius 1 is 0.326 bits per heavy atom. The number of hydrogen-bond donors (Lipinski definition) is 0. The normalized spacial score (nSPS) is 15.3. The highest BCUT2D eigenvalue weighted by atomic mass is 14.4. The molecule has 0 fully saturated rings. The fraction of sp³-hybridized carbons (Fsp3) is 0.130. The van der Waals surface area contributed by atoms with Crippen molar-refractivity contribution in [1.29, 1.82) is 0 Å². The van der Waals surface area contributed by atoms with Crippen LogP contribution in [0.15, 0.2) is 133 Å². The van der Waals surface area contributed by atoms with Crippen molar-refractivity contribution in [3.05, 3.63) is 156 Å². The lowest BCUT2D eigenvalue weighted by molar-refractivity contribution is 0.652. The van der Waals surface area contributed by atoms with Gasteiger partial charge in [-0.05, 0) is 123 Å². The maximum absolute atomic E-state index is 2.51. The van der Waals surface area contributed by atoms with Crippen LogP contribution in [-0.2, 0) is 10.8 Å². The van der Waals surface area contributed by atoms with E-state index in [1.165, 1.54) is 99.1 Å². The Morgan fingerprint density at radius 2 is 0.870 bits per heavy atom. The second-order valence-corrected chi connectivity index (χ2v) is 14.5. The van der Waals surface area contributed by atoms with Gasteiger partial charge in [-0.15, -0.1) is 0 Å². The fourth-order valence-corrected chi connectivity index (χ4v) is 8.96. The summed E-state index contributed by atoms with van der Waals surface area (Å²) < 4.78 is 0. The third-order valence-electron chi connectivity index (χ3n) is 11.4. The Labute approximate surface area is 270 Å². The summed E-state index contributed by atoms with van der Waals surface area (Å²) in [6, 6.07) is 50.7. The van der Waals surface area contributed by atoms with Crippen LogP contribution < -0.4 is 0 Å². The Kier molecular flexibility index (Phi) is 4.95. The van der Waals surface area contributed by atoms with E-state index >= 15 is 0 Å². The van der Waals surface area contributed by atoms with Crippen LogP contribution in [0.3, 0.4) is 0 Å². The summed E-state index contributed by atoms with van der Waals surface area (Å²) in [6.07, 6.45) is 0. The molecule has 0 aliphatic heterocycles. The summed E-state index contributed by atoms with van der Waals surface area (Å²) in [5.41, 5.74) is 16.3. The molecule has 8 aromatic rings. The molecule has 0 atom stereocenters. The van der Waals surface area contributed by atoms with Crippen molar-refractivity contribution < 1.29 is 0 Å². The van der Waals surface area contributed by atoms with Gasteiger partial charge in [0, 0.05) is 10.8 Å². The first-order valence-corrected chi connectivity index (χ1v) is 16.5. The van der Waals surface area contributed by atoms with E-state index in [9.17, 15) is 0 Å². The van der Waals surface area contributed by atoms with Crippen LogP contribution in [0, 0.1) is 0 Å². The van der Waals surface area contributed by atoms with Crippen LogP contribution in [0.25, 0.3) is 76.8 Å². The van der Waals surface area contributed by atoms with Crippen LogP contribution in [-0.4, -0.2) is 0 Å². The van der Waals surface area contributed by atoms with Crippen molar-refractivity contribution in [2.45, 2.75) is 38.5 Å². The minimum absolute atomic E-state index is 0.000627. The summed E-state index contributed by atoms with van der Waals surface area (Å²) in [5.74, 6) is 0. The van der Waals surface area contributed by atoms with E-state index in [1.54, 1.807) is 0 Å². The lowest BCUT2D eigenvalue weighted by atomic mass is 9.79. The molecule has 0 unspecified atom stereocenters. The Balaban J connectivity index is 1.10. The molecular formula is C46H34. The van der Waals surface area contributed by atoms with Gasteiger partial charge in [0.05, 0.1) is 0 Å². The fourth-order valence-electron chi connectivity index (χ4n) is 8.96. The first-order valence-electron chi connectivity index (χ1n) is 16.5. The number of benzene rings is 8. The van der Waals surface area contributed by atoms with Gasteiger partial charge in [0.1, 0.15) is 0 Å². The van der Waals surface area contributed by atoms with Crippen molar-refractivity contribution in [1.82, 2.24) is 0 Å². The molecule has 0 amide bonds. The van der Waals surface area contributed by atoms with Gasteiger partial charge in [0.25, 0.3) is 0 Å². The molecule has 10 rings (SSSR count). The number of rotatable bonds is 2. The van der Waals surface area contributed by atoms with E-state index in [0.29, 0.717) is 0 Å². The standard InChI is InChI=1S/C46H34/c1-45(2)39-14-6-5-13-34(39)37-25-42-38(26-41(37)45)35-21-19-31(24-40(35)46(42,3)4)30-11-8-12-32(23-30)33-20-17-29-16-15-27-9-7-10-28-18-22-36(33)44(29)43(27)28/h5-26H,1-4H3. The molecule has 2 aliphatic rings. The monoisotopic (exact) mass is 586 g/mol. The highest BCUT2D eigenvalue weighted by molar-refractivity contribution is 6.25. The molecule has 0 bridgehead atoms. The highest BCUT2D eigenvalue weighted by Crippen LogP contribution is 2.56. The van der Waals surface area contributed by atoms with Crippen LogP contribution in [0.5, 0.6) is 0 Å². The van der Waals surface area contributed by atoms with Crippen molar-refractivity contribution in [2.75, 3.05) is 0 Å². The van der Waals surface area contributed by atoms with Crippen LogP contribution in [0.4, 0.5) is 0 Å². The Morgan fingerprint density at radius 3 is 1.65 bits per heavy atom. The average molecular weight is 587 g/mol. The van der Waals surface area contributed by atoms with E-state index in [-0.39, 0.29) is 10.8 Å². The summed E-state index contributed by atoms with van der Waals surface area (Å²) in [6.45, 7) is 9.56. The van der Waals surface area contributed by atoms with E-state index in [4.69, 9.17) is 0 Å². The molecule has 2 aliphatic carbocycles. The first kappa shape index (κ1) is 26.1. The number of hydrogen-bond acceptors (Lipinski definition) is 0. The molecule has 0 spiro atoms. The maximum atomic E-state index is 2.51. The van der Waals surface area contributed by atoms with Gasteiger partial charge < -0.3 is 0 Å². The third-order valence-corrected chi connectivity index (χ3v) is 11.4. The van der Waals surface area contributed by atoms with Crippen molar-refractivity contribution >= 4 is 32.3 Å². The van der Waals surface area contributed by atoms with Crippen molar-refractivity contribution in [2.24, 2.45) is 0 Å². The zero-order chi connectivity index (χ0) is 30.9. The van der Waals surface area contributed by atoms with Gasteiger partial charge in [-0.2, -0.15) is 0 Å². The molecule has 218 valence electrons. The molecular weight excluding hydrogens is 553 g/mol. The lowest BCUT2D eigenvalue weighted by Gasteiger charge is -2.24. The topological polar surface area (TPSA) is 0 Å². The predicted octanol–water partition coefficient (Wildman–Crippen LogP) is 12.5. The zero-order valence-corrected chi connectivity index (χ0v) is 26.7. The van der Waals surface area contributed by atoms with Gasteiger partial charge in [-0.1, -0.05) is 137 Å². The maximum Gasteiger partial charge on any atom is 0.0159 e. The van der Waals surface area contributed by atoms with Gasteiger partial charge in [0.15, 0.2) is 0 Å². The van der Waals surface area contributed by atoms with E-state index in [1.807, 2.05) is 0 Å². The van der Waals surface area contributed by atoms with Crippen LogP contribution >= 0.6 is 0 Å². The third kappa shape index (κ3) is 3.29. The Bertz CT molecular complexity index is 2560. The molecule has 0 saturated heterocycles. The minimum Gasteiger partial charge on any atom is -0.0619 e. The largest absolute Gasteiger partial charge is 0.0619 e. The zero-order valence-electron chi connectivity index (χ0n) is 26.7. The minimum atomic E-state index is -0.0823. The van der Waals surface area contributed by atoms with E-state index in [2.05, 4.69) is 161 Å².